The minimum atomic E-state index is -3.04. The zero-order valence-electron chi connectivity index (χ0n) is 14.7. The smallest absolute Gasteiger partial charge is 0.275 e. The van der Waals surface area contributed by atoms with Crippen molar-refractivity contribution < 1.29 is 8.42 Å². The summed E-state index contributed by atoms with van der Waals surface area (Å²) in [7, 11) is -3.04. The van der Waals surface area contributed by atoms with Gasteiger partial charge in [-0.05, 0) is 37.0 Å². The van der Waals surface area contributed by atoms with Gasteiger partial charge in [0.25, 0.3) is 5.56 Å². The van der Waals surface area contributed by atoms with Crippen molar-refractivity contribution in [3.05, 3.63) is 51.4 Å². The molecule has 0 saturated carbocycles. The Hall–Kier alpha value is -2.15. The highest BCUT2D eigenvalue weighted by atomic mass is 32.2. The standard InChI is InChI=1S/C18H23N3O3S/c1-12(2)14-4-6-15(7-5-14)19-10-17-13(3)20-21(18(17)22)16-8-9-25(23,24)11-16/h4-7,10,12,16,20H,8-9,11H2,1-3H3. The summed E-state index contributed by atoms with van der Waals surface area (Å²) in [6.07, 6.45) is 2.02. The van der Waals surface area contributed by atoms with Crippen molar-refractivity contribution in [2.45, 2.75) is 39.2 Å². The number of sulfone groups is 1. The lowest BCUT2D eigenvalue weighted by Crippen LogP contribution is -2.25. The Bertz CT molecular complexity index is 950. The van der Waals surface area contributed by atoms with Crippen LogP contribution in [-0.4, -0.2) is 35.9 Å². The van der Waals surface area contributed by atoms with Gasteiger partial charge in [0, 0.05) is 11.9 Å². The molecule has 2 heterocycles. The monoisotopic (exact) mass is 361 g/mol. The van der Waals surface area contributed by atoms with Crippen LogP contribution in [0.1, 0.15) is 49.0 Å². The maximum Gasteiger partial charge on any atom is 0.275 e. The van der Waals surface area contributed by atoms with Gasteiger partial charge in [-0.25, -0.2) is 13.1 Å². The molecule has 0 radical (unpaired) electrons. The number of nitrogens with zero attached hydrogens (tertiary/aromatic N) is 2. The molecule has 1 fully saturated rings. The van der Waals surface area contributed by atoms with Crippen LogP contribution in [-0.2, 0) is 9.84 Å². The lowest BCUT2D eigenvalue weighted by atomic mass is 10.0. The topological polar surface area (TPSA) is 84.3 Å². The molecule has 7 heteroatoms. The molecule has 1 unspecified atom stereocenters. The number of nitrogens with one attached hydrogen (secondary N) is 1. The molecule has 1 atom stereocenters. The van der Waals surface area contributed by atoms with Crippen LogP contribution in [0, 0.1) is 6.92 Å². The Morgan fingerprint density at radius 1 is 1.28 bits per heavy atom. The van der Waals surface area contributed by atoms with E-state index >= 15 is 0 Å². The van der Waals surface area contributed by atoms with Crippen LogP contribution < -0.4 is 5.56 Å². The maximum atomic E-state index is 12.6. The molecule has 25 heavy (non-hydrogen) atoms. The molecule has 0 amide bonds. The van der Waals surface area contributed by atoms with Gasteiger partial charge in [-0.3, -0.25) is 14.9 Å². The summed E-state index contributed by atoms with van der Waals surface area (Å²) in [5.41, 5.74) is 2.96. The number of hydrogen-bond acceptors (Lipinski definition) is 4. The molecule has 0 spiro atoms. The Morgan fingerprint density at radius 2 is 1.96 bits per heavy atom. The molecule has 134 valence electrons. The summed E-state index contributed by atoms with van der Waals surface area (Å²) in [6, 6.07) is 7.60. The lowest BCUT2D eigenvalue weighted by molar-refractivity contribution is 0.483. The SMILES string of the molecule is Cc1[nH]n(C2CCS(=O)(=O)C2)c(=O)c1C=Nc1ccc(C(C)C)cc1. The lowest BCUT2D eigenvalue weighted by Gasteiger charge is -2.07. The van der Waals surface area contributed by atoms with Crippen molar-refractivity contribution in [2.75, 3.05) is 11.5 Å². The summed E-state index contributed by atoms with van der Waals surface area (Å²) in [5, 5.41) is 3.00. The van der Waals surface area contributed by atoms with Crippen LogP contribution in [0.15, 0.2) is 34.1 Å². The number of benzene rings is 1. The summed E-state index contributed by atoms with van der Waals surface area (Å²) < 4.78 is 24.7. The molecule has 1 saturated heterocycles. The molecular formula is C18H23N3O3S. The van der Waals surface area contributed by atoms with E-state index in [2.05, 4.69) is 23.9 Å². The first kappa shape index (κ1) is 17.7. The van der Waals surface area contributed by atoms with Crippen molar-refractivity contribution >= 4 is 21.7 Å². The Kier molecular flexibility index (Phi) is 4.69. The predicted molar refractivity (Wildman–Crippen MR) is 99.9 cm³/mol. The summed E-state index contributed by atoms with van der Waals surface area (Å²) in [5.74, 6) is 0.605. The van der Waals surface area contributed by atoms with E-state index in [4.69, 9.17) is 0 Å². The Labute approximate surface area is 147 Å². The molecule has 1 aromatic carbocycles. The van der Waals surface area contributed by atoms with Crippen molar-refractivity contribution in [3.63, 3.8) is 0 Å². The van der Waals surface area contributed by atoms with Gasteiger partial charge in [0.05, 0.1) is 28.8 Å². The number of aromatic amines is 1. The van der Waals surface area contributed by atoms with Crippen molar-refractivity contribution in [1.29, 1.82) is 0 Å². The largest absolute Gasteiger partial charge is 0.299 e. The van der Waals surface area contributed by atoms with Crippen LogP contribution in [0.25, 0.3) is 0 Å². The van der Waals surface area contributed by atoms with Crippen LogP contribution >= 0.6 is 0 Å². The quantitative estimate of drug-likeness (QED) is 0.850. The highest BCUT2D eigenvalue weighted by Gasteiger charge is 2.31. The molecule has 3 rings (SSSR count). The first-order chi connectivity index (χ1) is 11.8. The van der Waals surface area contributed by atoms with Crippen LogP contribution in [0.5, 0.6) is 0 Å². The van der Waals surface area contributed by atoms with Gasteiger partial charge in [0.2, 0.25) is 0 Å². The fraction of sp³-hybridized carbons (Fsp3) is 0.444. The highest BCUT2D eigenvalue weighted by Crippen LogP contribution is 2.22. The molecular weight excluding hydrogens is 338 g/mol. The molecule has 6 nitrogen and oxygen atoms in total. The second kappa shape index (κ2) is 6.63. The van der Waals surface area contributed by atoms with Crippen molar-refractivity contribution in [2.24, 2.45) is 4.99 Å². The number of aryl methyl sites for hydroxylation is 1. The first-order valence-electron chi connectivity index (χ1n) is 8.42. The van der Waals surface area contributed by atoms with Gasteiger partial charge < -0.3 is 0 Å². The summed E-state index contributed by atoms with van der Waals surface area (Å²) in [6.45, 7) is 6.06. The Morgan fingerprint density at radius 3 is 2.52 bits per heavy atom. The van der Waals surface area contributed by atoms with E-state index in [0.717, 1.165) is 5.69 Å². The Balaban J connectivity index is 1.85. The minimum Gasteiger partial charge on any atom is -0.299 e. The molecule has 0 aliphatic carbocycles. The van der Waals surface area contributed by atoms with Gasteiger partial charge in [-0.1, -0.05) is 26.0 Å². The van der Waals surface area contributed by atoms with E-state index in [9.17, 15) is 13.2 Å². The van der Waals surface area contributed by atoms with Crippen LogP contribution in [0.4, 0.5) is 5.69 Å². The normalized spacial score (nSPS) is 19.9. The highest BCUT2D eigenvalue weighted by molar-refractivity contribution is 7.91. The second-order valence-electron chi connectivity index (χ2n) is 6.89. The third kappa shape index (κ3) is 3.76. The molecule has 0 bridgehead atoms. The minimum absolute atomic E-state index is 0.0140. The fourth-order valence-electron chi connectivity index (χ4n) is 3.05. The third-order valence-corrected chi connectivity index (χ3v) is 6.37. The maximum absolute atomic E-state index is 12.6. The third-order valence-electron chi connectivity index (χ3n) is 4.62. The van der Waals surface area contributed by atoms with E-state index in [0.29, 0.717) is 23.6 Å². The molecule has 1 aliphatic rings. The van der Waals surface area contributed by atoms with E-state index < -0.39 is 9.84 Å². The van der Waals surface area contributed by atoms with Gasteiger partial charge in [-0.2, -0.15) is 0 Å². The number of rotatable bonds is 4. The number of aromatic nitrogens is 2. The molecule has 1 N–H and O–H groups in total. The number of H-pyrrole nitrogens is 1. The van der Waals surface area contributed by atoms with E-state index in [1.54, 1.807) is 13.1 Å². The summed E-state index contributed by atoms with van der Waals surface area (Å²) in [4.78, 5) is 17.0. The molecule has 1 aliphatic heterocycles. The number of aliphatic imine (C=N–C) groups is 1. The van der Waals surface area contributed by atoms with Crippen molar-refractivity contribution in [3.8, 4) is 0 Å². The van der Waals surface area contributed by atoms with E-state index in [1.165, 1.54) is 10.2 Å². The zero-order valence-corrected chi connectivity index (χ0v) is 15.5. The van der Waals surface area contributed by atoms with Gasteiger partial charge >= 0.3 is 0 Å². The average Bonchev–Trinajstić information content (AvgIpc) is 3.05. The first-order valence-corrected chi connectivity index (χ1v) is 10.2. The predicted octanol–water partition coefficient (Wildman–Crippen LogP) is 2.72. The second-order valence-corrected chi connectivity index (χ2v) is 9.12. The van der Waals surface area contributed by atoms with Gasteiger partial charge in [0.15, 0.2) is 9.84 Å². The van der Waals surface area contributed by atoms with Gasteiger partial charge in [-0.15, -0.1) is 0 Å². The molecule has 2 aromatic rings. The van der Waals surface area contributed by atoms with E-state index in [1.807, 2.05) is 24.3 Å². The molecule has 1 aromatic heterocycles. The zero-order chi connectivity index (χ0) is 18.2. The fourth-order valence-corrected chi connectivity index (χ4v) is 4.75. The van der Waals surface area contributed by atoms with Crippen molar-refractivity contribution in [1.82, 2.24) is 9.78 Å². The van der Waals surface area contributed by atoms with Crippen LogP contribution in [0.2, 0.25) is 0 Å². The average molecular weight is 361 g/mol. The summed E-state index contributed by atoms with van der Waals surface area (Å²) >= 11 is 0. The number of hydrogen-bond donors (Lipinski definition) is 1. The van der Waals surface area contributed by atoms with Gasteiger partial charge in [0.1, 0.15) is 0 Å². The van der Waals surface area contributed by atoms with E-state index in [-0.39, 0.29) is 23.1 Å². The van der Waals surface area contributed by atoms with Crippen LogP contribution in [0.3, 0.4) is 0 Å².